The number of halogens is 2. The molecule has 0 saturated carbocycles. The zero-order valence-corrected chi connectivity index (χ0v) is 20.0. The number of nitrogens with one attached hydrogen (secondary N) is 2. The molecule has 0 spiro atoms. The first-order valence-corrected chi connectivity index (χ1v) is 12.5. The van der Waals surface area contributed by atoms with Crippen LogP contribution >= 0.6 is 11.6 Å². The number of rotatable bonds is 9. The van der Waals surface area contributed by atoms with E-state index in [0.29, 0.717) is 39.9 Å². The second-order valence-electron chi connectivity index (χ2n) is 7.87. The van der Waals surface area contributed by atoms with Crippen LogP contribution in [0.15, 0.2) is 41.3 Å². The predicted octanol–water partition coefficient (Wildman–Crippen LogP) is 2.19. The van der Waals surface area contributed by atoms with E-state index in [0.717, 1.165) is 13.0 Å². The van der Waals surface area contributed by atoms with Gasteiger partial charge in [0.05, 0.1) is 6.54 Å². The van der Waals surface area contributed by atoms with Crippen LogP contribution in [0.5, 0.6) is 0 Å². The van der Waals surface area contributed by atoms with Crippen LogP contribution < -0.4 is 16.4 Å². The van der Waals surface area contributed by atoms with Crippen molar-refractivity contribution < 1.29 is 18.5 Å². The van der Waals surface area contributed by atoms with Gasteiger partial charge in [-0.1, -0.05) is 17.7 Å². The zero-order valence-electron chi connectivity index (χ0n) is 18.4. The minimum Gasteiger partial charge on any atom is -0.611 e. The van der Waals surface area contributed by atoms with Gasteiger partial charge in [0.1, 0.15) is 11.6 Å². The number of amides is 2. The van der Waals surface area contributed by atoms with Crippen LogP contribution in [0.3, 0.4) is 0 Å². The van der Waals surface area contributed by atoms with Crippen molar-refractivity contribution in [3.8, 4) is 0 Å². The first kappa shape index (κ1) is 25.5. The number of benzene rings is 2. The molecule has 1 heterocycles. The van der Waals surface area contributed by atoms with Crippen LogP contribution in [0.1, 0.15) is 34.8 Å². The Morgan fingerprint density at radius 1 is 1.27 bits per heavy atom. The molecule has 10 heteroatoms. The van der Waals surface area contributed by atoms with Crippen molar-refractivity contribution in [2.24, 2.45) is 5.73 Å². The zero-order chi connectivity index (χ0) is 24.0. The summed E-state index contributed by atoms with van der Waals surface area (Å²) in [6, 6.07) is 9.45. The van der Waals surface area contributed by atoms with Crippen molar-refractivity contribution in [3.05, 3.63) is 63.9 Å². The van der Waals surface area contributed by atoms with Crippen LogP contribution in [-0.2, 0) is 29.1 Å². The number of nitrogens with zero attached hydrogens (tertiary/aromatic N) is 1. The molecule has 178 valence electrons. The molecule has 4 N–H and O–H groups in total. The molecule has 1 fully saturated rings. The highest BCUT2D eigenvalue weighted by molar-refractivity contribution is 7.91. The maximum Gasteiger partial charge on any atom is 0.251 e. The van der Waals surface area contributed by atoms with Crippen molar-refractivity contribution in [2.45, 2.75) is 37.4 Å². The van der Waals surface area contributed by atoms with Crippen LogP contribution in [0.4, 0.5) is 4.39 Å². The number of hydrogen-bond acceptors (Lipinski definition) is 5. The molecule has 0 bridgehead atoms. The van der Waals surface area contributed by atoms with Gasteiger partial charge in [-0.3, -0.25) is 14.5 Å². The fourth-order valence-electron chi connectivity index (χ4n) is 3.78. The van der Waals surface area contributed by atoms with Gasteiger partial charge in [0.2, 0.25) is 5.91 Å². The first-order valence-electron chi connectivity index (χ1n) is 10.8. The Labute approximate surface area is 201 Å². The van der Waals surface area contributed by atoms with Crippen LogP contribution in [0.25, 0.3) is 0 Å². The minimum absolute atomic E-state index is 0.00702. The molecule has 1 saturated heterocycles. The molecule has 3 rings (SSSR count). The molecule has 1 aliphatic rings. The molecule has 0 aromatic heterocycles. The lowest BCUT2D eigenvalue weighted by molar-refractivity contribution is -0.120. The fraction of sp³-hybridized carbons (Fsp3) is 0.391. The van der Waals surface area contributed by atoms with E-state index < -0.39 is 22.9 Å². The molecule has 33 heavy (non-hydrogen) atoms. The predicted molar refractivity (Wildman–Crippen MR) is 127 cm³/mol. The van der Waals surface area contributed by atoms with E-state index in [4.69, 9.17) is 17.3 Å². The summed E-state index contributed by atoms with van der Waals surface area (Å²) >= 11 is 4.87. The van der Waals surface area contributed by atoms with E-state index in [1.54, 1.807) is 30.3 Å². The van der Waals surface area contributed by atoms with Crippen LogP contribution in [0, 0.1) is 5.82 Å². The Kier molecular flexibility index (Phi) is 9.10. The number of carbonyl (C=O) groups excluding carboxylic acids is 2. The molecule has 2 atom stereocenters. The summed E-state index contributed by atoms with van der Waals surface area (Å²) in [6.07, 6.45) is 0.780. The van der Waals surface area contributed by atoms with Crippen molar-refractivity contribution >= 4 is 34.6 Å². The molecule has 2 aromatic rings. The molecular formula is C23H28ClFN4O3S. The van der Waals surface area contributed by atoms with Crippen molar-refractivity contribution in [1.29, 1.82) is 0 Å². The lowest BCUT2D eigenvalue weighted by Crippen LogP contribution is -2.40. The second kappa shape index (κ2) is 11.8. The Morgan fingerprint density at radius 2 is 2.06 bits per heavy atom. The Bertz CT molecular complexity index is 1010. The van der Waals surface area contributed by atoms with E-state index in [1.165, 1.54) is 6.07 Å². The summed E-state index contributed by atoms with van der Waals surface area (Å²) in [5, 5.41) is 6.08. The lowest BCUT2D eigenvalue weighted by Gasteiger charge is -2.17. The first-order chi connectivity index (χ1) is 15.8. The molecule has 0 aliphatic carbocycles. The van der Waals surface area contributed by atoms with Crippen molar-refractivity contribution in [3.63, 3.8) is 0 Å². The average Bonchev–Trinajstić information content (AvgIpc) is 3.24. The van der Waals surface area contributed by atoms with Crippen LogP contribution in [-0.4, -0.2) is 52.7 Å². The highest BCUT2D eigenvalue weighted by Crippen LogP contribution is 2.22. The number of carbonyl (C=O) groups is 2. The Hall–Kier alpha value is -2.17. The molecule has 7 nitrogen and oxygen atoms in total. The highest BCUT2D eigenvalue weighted by atomic mass is 35.5. The van der Waals surface area contributed by atoms with Gasteiger partial charge >= 0.3 is 0 Å². The SMILES string of the molecule is CC[S+]([O-])c1ccc(Cl)cc1CNC(=O)c1ccc(CN2CC[C@@H](NC(=O)CN)C2)c(F)c1. The van der Waals surface area contributed by atoms with E-state index in [2.05, 4.69) is 10.6 Å². The van der Waals surface area contributed by atoms with E-state index in [-0.39, 0.29) is 30.6 Å². The third kappa shape index (κ3) is 6.91. The van der Waals surface area contributed by atoms with E-state index in [9.17, 15) is 18.5 Å². The van der Waals surface area contributed by atoms with E-state index >= 15 is 0 Å². The van der Waals surface area contributed by atoms with Gasteiger partial charge in [0, 0.05) is 53.9 Å². The van der Waals surface area contributed by atoms with Gasteiger partial charge in [-0.2, -0.15) is 0 Å². The topological polar surface area (TPSA) is 111 Å². The standard InChI is InChI=1S/C23H28ClFN4O3S/c1-2-33(32)21-6-5-18(24)9-17(21)12-27-23(31)15-3-4-16(20(25)10-15)13-29-8-7-19(14-29)28-22(30)11-26/h3-6,9-10,19H,2,7-8,11-14,26H2,1H3,(H,27,31)(H,28,30)/t19-,33?/m1/s1. The highest BCUT2D eigenvalue weighted by Gasteiger charge is 2.24. The summed E-state index contributed by atoms with van der Waals surface area (Å²) in [7, 11) is 0. The van der Waals surface area contributed by atoms with Crippen LogP contribution in [0.2, 0.25) is 5.02 Å². The summed E-state index contributed by atoms with van der Waals surface area (Å²) < 4.78 is 27.0. The minimum atomic E-state index is -1.19. The molecule has 0 radical (unpaired) electrons. The second-order valence-corrected chi connectivity index (χ2v) is 10.0. The number of hydrogen-bond donors (Lipinski definition) is 3. The summed E-state index contributed by atoms with van der Waals surface area (Å²) in [5.41, 5.74) is 6.67. The maximum absolute atomic E-state index is 14.7. The monoisotopic (exact) mass is 494 g/mol. The summed E-state index contributed by atoms with van der Waals surface area (Å²) in [6.45, 7) is 3.64. The fourth-order valence-corrected chi connectivity index (χ4v) is 4.93. The largest absolute Gasteiger partial charge is 0.611 e. The van der Waals surface area contributed by atoms with Gasteiger partial charge in [-0.05, 0) is 54.9 Å². The molecule has 2 aromatic carbocycles. The van der Waals surface area contributed by atoms with Crippen molar-refractivity contribution in [1.82, 2.24) is 15.5 Å². The number of nitrogens with two attached hydrogens (primary N) is 1. The molecule has 2 amide bonds. The number of likely N-dealkylation sites (tertiary alicyclic amines) is 1. The summed E-state index contributed by atoms with van der Waals surface area (Å²) in [5.74, 6) is -0.645. The molecule has 1 aliphatic heterocycles. The smallest absolute Gasteiger partial charge is 0.251 e. The Balaban J connectivity index is 1.59. The maximum atomic E-state index is 14.7. The van der Waals surface area contributed by atoms with Crippen molar-refractivity contribution in [2.75, 3.05) is 25.4 Å². The quantitative estimate of drug-likeness (QED) is 0.463. The Morgan fingerprint density at radius 3 is 2.76 bits per heavy atom. The molecular weight excluding hydrogens is 467 g/mol. The van der Waals surface area contributed by atoms with Gasteiger partial charge in [0.15, 0.2) is 4.90 Å². The van der Waals surface area contributed by atoms with Gasteiger partial charge in [-0.25, -0.2) is 4.39 Å². The third-order valence-corrected chi connectivity index (χ3v) is 7.15. The van der Waals surface area contributed by atoms with Gasteiger partial charge in [0.25, 0.3) is 5.91 Å². The normalized spacial score (nSPS) is 17.1. The lowest BCUT2D eigenvalue weighted by atomic mass is 10.1. The van der Waals surface area contributed by atoms with Gasteiger partial charge < -0.3 is 20.9 Å². The average molecular weight is 495 g/mol. The third-order valence-electron chi connectivity index (χ3n) is 5.50. The summed E-state index contributed by atoms with van der Waals surface area (Å²) in [4.78, 5) is 26.7. The van der Waals surface area contributed by atoms with E-state index in [1.807, 2.05) is 11.8 Å². The molecule has 1 unspecified atom stereocenters. The van der Waals surface area contributed by atoms with Gasteiger partial charge in [-0.15, -0.1) is 0 Å².